The maximum atomic E-state index is 14.2. The Hall–Kier alpha value is -6.74. The first-order chi connectivity index (χ1) is 33.7. The van der Waals surface area contributed by atoms with Gasteiger partial charge in [-0.15, -0.1) is 0 Å². The predicted molar refractivity (Wildman–Crippen MR) is 265 cm³/mol. The maximum absolute atomic E-state index is 14.2. The third-order valence-corrected chi connectivity index (χ3v) is 12.8. The van der Waals surface area contributed by atoms with Crippen molar-refractivity contribution in [3.05, 3.63) is 70.3 Å². The average molecular weight is 1030 g/mol. The number of rotatable bonds is 6. The Bertz CT molecular complexity index is 2450. The van der Waals surface area contributed by atoms with E-state index in [0.717, 1.165) is 5.56 Å². The van der Waals surface area contributed by atoms with Crippen LogP contribution in [0.1, 0.15) is 105 Å². The molecule has 2 saturated heterocycles. The lowest BCUT2D eigenvalue weighted by Gasteiger charge is -2.43. The maximum Gasteiger partial charge on any atom is 0.330 e. The van der Waals surface area contributed by atoms with Gasteiger partial charge in [0, 0.05) is 61.5 Å². The lowest BCUT2D eigenvalue weighted by atomic mass is 9.85. The molecule has 4 atom stereocenters. The van der Waals surface area contributed by atoms with Crippen molar-refractivity contribution in [1.82, 2.24) is 50.7 Å². The number of ether oxygens (including phenoxy) is 1. The van der Waals surface area contributed by atoms with Crippen molar-refractivity contribution in [2.45, 2.75) is 145 Å². The molecule has 0 aromatic heterocycles. The van der Waals surface area contributed by atoms with E-state index >= 15 is 0 Å². The summed E-state index contributed by atoms with van der Waals surface area (Å²) in [6, 6.07) is 3.39. The first kappa shape index (κ1) is 57.2. The number of nitrogens with one attached hydrogen (secondary N) is 4. The smallest absolute Gasteiger partial charge is 0.330 e. The molecule has 10 amide bonds. The second-order valence-electron chi connectivity index (χ2n) is 23.2. The largest absolute Gasteiger partial charge is 0.480 e. The summed E-state index contributed by atoms with van der Waals surface area (Å²) in [6.07, 6.45) is 0. The lowest BCUT2D eigenvalue weighted by molar-refractivity contribution is -0.151. The molecule has 2 aromatic rings. The Balaban J connectivity index is 0.000000271. The molecule has 22 heteroatoms. The molecule has 5 N–H and O–H groups in total. The first-order valence-electron chi connectivity index (χ1n) is 24.4. The molecule has 0 saturated carbocycles. The number of benzene rings is 2. The lowest BCUT2D eigenvalue weighted by Crippen LogP contribution is -2.65. The SMILES string of the molecule is CC(C)(C)NC(=O)N[C@H](C(=O)N1CCN(C(=O)N2Cc3cccc(F)c3C2)[C@@H](C(=O)O)C1)C(C)(C)C.COC(=O)[C@H]1CN(C(=O)[C@@H](NC(=O)NC(C)(C)C)C(C)(C)C)CCN1C(=O)N1Cc2cccc(F)c2C1. The summed E-state index contributed by atoms with van der Waals surface area (Å²) < 4.78 is 33.3. The molecule has 2 aromatic carbocycles. The van der Waals surface area contributed by atoms with Gasteiger partial charge < -0.3 is 60.5 Å². The number of nitrogens with zero attached hydrogens (tertiary/aromatic N) is 6. The van der Waals surface area contributed by atoms with Gasteiger partial charge in [-0.25, -0.2) is 37.5 Å². The molecule has 73 heavy (non-hydrogen) atoms. The van der Waals surface area contributed by atoms with E-state index in [1.165, 1.54) is 48.6 Å². The number of fused-ring (bicyclic) bond motifs is 2. The fraction of sp³-hybridized carbons (Fsp3) is 0.608. The number of hydrogen-bond acceptors (Lipinski definition) is 9. The van der Waals surface area contributed by atoms with E-state index in [1.807, 2.05) is 83.1 Å². The first-order valence-corrected chi connectivity index (χ1v) is 24.4. The molecule has 402 valence electrons. The number of halogens is 2. The Morgan fingerprint density at radius 3 is 1.26 bits per heavy atom. The van der Waals surface area contributed by atoms with Gasteiger partial charge >= 0.3 is 36.1 Å². The number of urea groups is 4. The number of amides is 10. The molecular formula is C51H74F2N10O10. The highest BCUT2D eigenvalue weighted by Crippen LogP contribution is 2.30. The van der Waals surface area contributed by atoms with Crippen molar-refractivity contribution in [2.24, 2.45) is 10.8 Å². The summed E-state index contributed by atoms with van der Waals surface area (Å²) in [5, 5.41) is 21.0. The van der Waals surface area contributed by atoms with Crippen LogP contribution in [0.15, 0.2) is 36.4 Å². The number of esters is 1. The molecule has 4 heterocycles. The van der Waals surface area contributed by atoms with Crippen molar-refractivity contribution < 1.29 is 57.0 Å². The van der Waals surface area contributed by atoms with E-state index in [-0.39, 0.29) is 77.2 Å². The molecule has 0 spiro atoms. The molecule has 0 radical (unpaired) electrons. The standard InChI is InChI=1S/C26H38FN5O5.C25H36FN5O5/c1-25(2,3)20(28-23(35)29-26(4,5)6)21(33)30-11-12-32(19(15-30)22(34)37-7)24(36)31-13-16-9-8-10-18(27)17(16)14-31;1-24(2,3)19(27-22(35)28-25(4,5)6)20(32)29-10-11-31(18(14-29)21(33)34)23(36)30-12-15-8-7-9-17(26)16(15)13-30/h8-10,19-20H,11-15H2,1-7H3,(H2,28,29,35);7-9,18-19H,10-14H2,1-6H3,(H,33,34)(H2,27,28,35)/t19-,20-;18-,19-/m11/s1. The molecule has 4 aliphatic heterocycles. The zero-order valence-electron chi connectivity index (χ0n) is 44.4. The van der Waals surface area contributed by atoms with Crippen LogP contribution in [0.25, 0.3) is 0 Å². The topological polar surface area (TPSA) is 234 Å². The average Bonchev–Trinajstić information content (AvgIpc) is 3.94. The third kappa shape index (κ3) is 14.3. The Kier molecular flexibility index (Phi) is 17.4. The molecule has 0 unspecified atom stereocenters. The number of hydrogen-bond donors (Lipinski definition) is 5. The van der Waals surface area contributed by atoms with Crippen molar-refractivity contribution >= 4 is 47.9 Å². The Morgan fingerprint density at radius 2 is 0.932 bits per heavy atom. The highest BCUT2D eigenvalue weighted by atomic mass is 19.1. The second-order valence-corrected chi connectivity index (χ2v) is 23.2. The monoisotopic (exact) mass is 1020 g/mol. The number of carbonyl (C=O) groups excluding carboxylic acids is 7. The van der Waals surface area contributed by atoms with Gasteiger partial charge in [-0.3, -0.25) is 9.59 Å². The molecule has 0 bridgehead atoms. The van der Waals surface area contributed by atoms with Gasteiger partial charge in [-0.2, -0.15) is 0 Å². The van der Waals surface area contributed by atoms with Gasteiger partial charge in [-0.05, 0) is 75.6 Å². The quantitative estimate of drug-likeness (QED) is 0.247. The van der Waals surface area contributed by atoms with Gasteiger partial charge in [0.25, 0.3) is 0 Å². The zero-order valence-corrected chi connectivity index (χ0v) is 44.4. The van der Waals surface area contributed by atoms with Crippen LogP contribution in [0, 0.1) is 22.5 Å². The molecule has 0 aliphatic carbocycles. The summed E-state index contributed by atoms with van der Waals surface area (Å²) >= 11 is 0. The third-order valence-electron chi connectivity index (χ3n) is 12.8. The van der Waals surface area contributed by atoms with Gasteiger partial charge in [-0.1, -0.05) is 65.8 Å². The van der Waals surface area contributed by atoms with Crippen LogP contribution >= 0.6 is 0 Å². The molecule has 20 nitrogen and oxygen atoms in total. The normalized spacial score (nSPS) is 18.8. The van der Waals surface area contributed by atoms with Crippen molar-refractivity contribution in [3.8, 4) is 0 Å². The van der Waals surface area contributed by atoms with Crippen LogP contribution in [0.3, 0.4) is 0 Å². The summed E-state index contributed by atoms with van der Waals surface area (Å²) in [5.41, 5.74) is 0.0469. The van der Waals surface area contributed by atoms with Crippen LogP contribution in [0.4, 0.5) is 28.0 Å². The van der Waals surface area contributed by atoms with Crippen LogP contribution in [-0.2, 0) is 50.1 Å². The van der Waals surface area contributed by atoms with Crippen LogP contribution in [-0.4, -0.2) is 164 Å². The number of piperazine rings is 2. The van der Waals surface area contributed by atoms with Crippen LogP contribution in [0.2, 0.25) is 0 Å². The van der Waals surface area contributed by atoms with E-state index in [9.17, 15) is 52.2 Å². The van der Waals surface area contributed by atoms with Gasteiger partial charge in [0.05, 0.1) is 33.3 Å². The van der Waals surface area contributed by atoms with Crippen LogP contribution in [0.5, 0.6) is 0 Å². The minimum Gasteiger partial charge on any atom is -0.480 e. The van der Waals surface area contributed by atoms with E-state index < -0.39 is 93.9 Å². The summed E-state index contributed by atoms with van der Waals surface area (Å²) in [4.78, 5) is 112. The number of methoxy groups -OCH3 is 1. The number of aliphatic carboxylic acids is 1. The fourth-order valence-corrected chi connectivity index (χ4v) is 9.05. The van der Waals surface area contributed by atoms with Gasteiger partial charge in [0.15, 0.2) is 0 Å². The number of carboxylic acids is 1. The van der Waals surface area contributed by atoms with E-state index in [0.29, 0.717) is 16.7 Å². The van der Waals surface area contributed by atoms with Gasteiger partial charge in [0.2, 0.25) is 11.8 Å². The van der Waals surface area contributed by atoms with Gasteiger partial charge in [0.1, 0.15) is 35.8 Å². The van der Waals surface area contributed by atoms with E-state index in [2.05, 4.69) is 21.3 Å². The molecular weight excluding hydrogens is 951 g/mol. The summed E-state index contributed by atoms with van der Waals surface area (Å²) in [7, 11) is 1.23. The molecule has 4 aliphatic rings. The van der Waals surface area contributed by atoms with Crippen molar-refractivity contribution in [2.75, 3.05) is 46.4 Å². The highest BCUT2D eigenvalue weighted by Gasteiger charge is 2.46. The fourth-order valence-electron chi connectivity index (χ4n) is 9.05. The number of carboxylic acid groups (broad SMARTS) is 1. The van der Waals surface area contributed by atoms with Crippen LogP contribution < -0.4 is 21.3 Å². The Labute approximate surface area is 426 Å². The predicted octanol–water partition coefficient (Wildman–Crippen LogP) is 4.83. The van der Waals surface area contributed by atoms with E-state index in [1.54, 1.807) is 24.3 Å². The minimum absolute atomic E-state index is 0.00190. The highest BCUT2D eigenvalue weighted by molar-refractivity contribution is 5.91. The number of carbonyl (C=O) groups is 8. The summed E-state index contributed by atoms with van der Waals surface area (Å²) in [6.45, 7) is 22.6. The van der Waals surface area contributed by atoms with E-state index in [4.69, 9.17) is 4.74 Å². The Morgan fingerprint density at radius 1 is 0.562 bits per heavy atom. The zero-order chi connectivity index (χ0) is 54.7. The summed E-state index contributed by atoms with van der Waals surface area (Å²) in [5.74, 6) is -3.43. The van der Waals surface area contributed by atoms with Crippen molar-refractivity contribution in [3.63, 3.8) is 0 Å². The molecule has 6 rings (SSSR count). The van der Waals surface area contributed by atoms with Crippen molar-refractivity contribution in [1.29, 1.82) is 0 Å². The molecule has 2 fully saturated rings. The minimum atomic E-state index is -1.27. The second kappa shape index (κ2) is 22.2.